The molecule has 21 heavy (non-hydrogen) atoms. The molecule has 0 fully saturated rings. The molecule has 0 radical (unpaired) electrons. The van der Waals surface area contributed by atoms with Crippen molar-refractivity contribution in [3.05, 3.63) is 64.2 Å². The number of fused-ring (bicyclic) bond motifs is 1. The highest BCUT2D eigenvalue weighted by atomic mass is 16.3. The van der Waals surface area contributed by atoms with E-state index >= 15 is 0 Å². The summed E-state index contributed by atoms with van der Waals surface area (Å²) in [6, 6.07) is 11.8. The van der Waals surface area contributed by atoms with Crippen LogP contribution in [0.5, 0.6) is 0 Å². The van der Waals surface area contributed by atoms with Crippen LogP contribution >= 0.6 is 0 Å². The van der Waals surface area contributed by atoms with Crippen LogP contribution in [0.2, 0.25) is 0 Å². The van der Waals surface area contributed by atoms with Crippen LogP contribution in [0.25, 0.3) is 0 Å². The molecule has 1 atom stereocenters. The highest BCUT2D eigenvalue weighted by molar-refractivity contribution is 5.94. The van der Waals surface area contributed by atoms with Crippen LogP contribution in [0.1, 0.15) is 40.3 Å². The summed E-state index contributed by atoms with van der Waals surface area (Å²) in [6.45, 7) is 3.97. The lowest BCUT2D eigenvalue weighted by molar-refractivity contribution is -0.116. The quantitative estimate of drug-likeness (QED) is 0.887. The van der Waals surface area contributed by atoms with Crippen LogP contribution < -0.4 is 5.32 Å². The lowest BCUT2D eigenvalue weighted by Crippen LogP contribution is -2.20. The molecule has 3 rings (SSSR count). The van der Waals surface area contributed by atoms with Gasteiger partial charge >= 0.3 is 0 Å². The molecule has 1 aliphatic rings. The van der Waals surface area contributed by atoms with Crippen molar-refractivity contribution in [1.82, 2.24) is 0 Å². The number of anilines is 1. The fourth-order valence-electron chi connectivity index (χ4n) is 2.95. The maximum Gasteiger partial charge on any atom is 0.224 e. The molecule has 1 unspecified atom stereocenters. The second-order valence-electron chi connectivity index (χ2n) is 5.68. The number of carbonyl (C=O) groups is 1. The minimum absolute atomic E-state index is 0.0674. The van der Waals surface area contributed by atoms with Gasteiger partial charge in [-0.2, -0.15) is 0 Å². The molecule has 0 bridgehead atoms. The van der Waals surface area contributed by atoms with Gasteiger partial charge in [0.2, 0.25) is 5.91 Å². The summed E-state index contributed by atoms with van der Waals surface area (Å²) in [4.78, 5) is 11.5. The average molecular weight is 281 g/mol. The zero-order valence-electron chi connectivity index (χ0n) is 12.3. The zero-order valence-corrected chi connectivity index (χ0v) is 12.3. The first kappa shape index (κ1) is 13.8. The summed E-state index contributed by atoms with van der Waals surface area (Å²) in [5, 5.41) is 13.6. The Morgan fingerprint density at radius 1 is 1.10 bits per heavy atom. The van der Waals surface area contributed by atoms with Gasteiger partial charge in [0.15, 0.2) is 0 Å². The van der Waals surface area contributed by atoms with E-state index in [0.717, 1.165) is 39.9 Å². The summed E-state index contributed by atoms with van der Waals surface area (Å²) in [7, 11) is 0. The van der Waals surface area contributed by atoms with Gasteiger partial charge in [0.1, 0.15) is 6.10 Å². The Morgan fingerprint density at radius 3 is 2.62 bits per heavy atom. The van der Waals surface area contributed by atoms with E-state index in [1.807, 2.05) is 50.2 Å². The molecule has 1 aliphatic heterocycles. The molecule has 2 aromatic carbocycles. The van der Waals surface area contributed by atoms with Crippen molar-refractivity contribution in [3.63, 3.8) is 0 Å². The maximum absolute atomic E-state index is 11.5. The summed E-state index contributed by atoms with van der Waals surface area (Å²) < 4.78 is 0. The van der Waals surface area contributed by atoms with Crippen molar-refractivity contribution in [2.75, 3.05) is 5.32 Å². The number of aryl methyl sites for hydroxylation is 3. The fourth-order valence-corrected chi connectivity index (χ4v) is 2.95. The first-order valence-corrected chi connectivity index (χ1v) is 7.23. The molecule has 2 aromatic rings. The number of rotatable bonds is 2. The van der Waals surface area contributed by atoms with Crippen LogP contribution in [-0.2, 0) is 11.2 Å². The van der Waals surface area contributed by atoms with Gasteiger partial charge < -0.3 is 10.4 Å². The van der Waals surface area contributed by atoms with Gasteiger partial charge in [-0.25, -0.2) is 0 Å². The third-order valence-corrected chi connectivity index (χ3v) is 4.12. The molecular formula is C18H19NO2. The highest BCUT2D eigenvalue weighted by Crippen LogP contribution is 2.32. The minimum atomic E-state index is -0.632. The summed E-state index contributed by atoms with van der Waals surface area (Å²) in [6.07, 6.45) is 0.611. The van der Waals surface area contributed by atoms with E-state index in [2.05, 4.69) is 5.32 Å². The van der Waals surface area contributed by atoms with Crippen molar-refractivity contribution in [1.29, 1.82) is 0 Å². The molecule has 0 aliphatic carbocycles. The average Bonchev–Trinajstić information content (AvgIpc) is 2.47. The van der Waals surface area contributed by atoms with Gasteiger partial charge in [0.05, 0.1) is 0 Å². The molecule has 108 valence electrons. The van der Waals surface area contributed by atoms with E-state index < -0.39 is 6.10 Å². The van der Waals surface area contributed by atoms with Gasteiger partial charge in [-0.3, -0.25) is 4.79 Å². The topological polar surface area (TPSA) is 49.3 Å². The number of amides is 1. The third kappa shape index (κ3) is 2.57. The lowest BCUT2D eigenvalue weighted by atomic mass is 9.91. The summed E-state index contributed by atoms with van der Waals surface area (Å²) >= 11 is 0. The van der Waals surface area contributed by atoms with Crippen LogP contribution in [0.3, 0.4) is 0 Å². The largest absolute Gasteiger partial charge is 0.384 e. The van der Waals surface area contributed by atoms with Crippen LogP contribution in [0, 0.1) is 13.8 Å². The van der Waals surface area contributed by atoms with Gasteiger partial charge in [-0.1, -0.05) is 36.4 Å². The standard InChI is InChI=1S/C18H19NO2/c1-11-5-3-4-6-15(11)18(21)14-9-12(2)17-13(10-14)7-8-16(20)19-17/h3-6,9-10,18,21H,7-8H2,1-2H3,(H,19,20). The number of aliphatic hydroxyl groups excluding tert-OH is 1. The summed E-state index contributed by atoms with van der Waals surface area (Å²) in [5.74, 6) is 0.0674. The van der Waals surface area contributed by atoms with Gasteiger partial charge in [-0.05, 0) is 48.1 Å². The molecule has 0 spiro atoms. The third-order valence-electron chi connectivity index (χ3n) is 4.12. The van der Waals surface area contributed by atoms with Crippen molar-refractivity contribution in [3.8, 4) is 0 Å². The van der Waals surface area contributed by atoms with Crippen molar-refractivity contribution < 1.29 is 9.90 Å². The molecule has 0 aromatic heterocycles. The van der Waals surface area contributed by atoms with Crippen LogP contribution in [0.4, 0.5) is 5.69 Å². The number of hydrogen-bond donors (Lipinski definition) is 2. The Hall–Kier alpha value is -2.13. The number of aliphatic hydroxyl groups is 1. The maximum atomic E-state index is 11.5. The van der Waals surface area contributed by atoms with Crippen molar-refractivity contribution in [2.24, 2.45) is 0 Å². The SMILES string of the molecule is Cc1ccccc1C(O)c1cc(C)c2c(c1)CCC(=O)N2. The van der Waals surface area contributed by atoms with Gasteiger partial charge in [0, 0.05) is 12.1 Å². The monoisotopic (exact) mass is 281 g/mol. The number of nitrogens with one attached hydrogen (secondary N) is 1. The van der Waals surface area contributed by atoms with E-state index in [9.17, 15) is 9.90 Å². The lowest BCUT2D eigenvalue weighted by Gasteiger charge is -2.22. The molecule has 1 amide bonds. The van der Waals surface area contributed by atoms with Gasteiger partial charge in [0.25, 0.3) is 0 Å². The second-order valence-corrected chi connectivity index (χ2v) is 5.68. The van der Waals surface area contributed by atoms with E-state index in [0.29, 0.717) is 6.42 Å². The minimum Gasteiger partial charge on any atom is -0.384 e. The molecule has 0 saturated carbocycles. The molecule has 3 nitrogen and oxygen atoms in total. The Labute approximate surface area is 124 Å². The molecule has 0 saturated heterocycles. The first-order valence-electron chi connectivity index (χ1n) is 7.23. The smallest absolute Gasteiger partial charge is 0.224 e. The Morgan fingerprint density at radius 2 is 1.86 bits per heavy atom. The van der Waals surface area contributed by atoms with E-state index in [1.165, 1.54) is 0 Å². The number of hydrogen-bond acceptors (Lipinski definition) is 2. The predicted octanol–water partition coefficient (Wildman–Crippen LogP) is 3.27. The normalized spacial score (nSPS) is 15.3. The van der Waals surface area contributed by atoms with Crippen LogP contribution in [-0.4, -0.2) is 11.0 Å². The van der Waals surface area contributed by atoms with E-state index in [4.69, 9.17) is 0 Å². The Balaban J connectivity index is 2.02. The Bertz CT molecular complexity index is 706. The van der Waals surface area contributed by atoms with E-state index in [-0.39, 0.29) is 5.91 Å². The Kier molecular flexibility index (Phi) is 3.52. The van der Waals surface area contributed by atoms with Crippen LogP contribution in [0.15, 0.2) is 36.4 Å². The second kappa shape index (κ2) is 5.34. The summed E-state index contributed by atoms with van der Waals surface area (Å²) in [5.41, 5.74) is 5.91. The predicted molar refractivity (Wildman–Crippen MR) is 83.4 cm³/mol. The highest BCUT2D eigenvalue weighted by Gasteiger charge is 2.20. The van der Waals surface area contributed by atoms with Gasteiger partial charge in [-0.15, -0.1) is 0 Å². The number of benzene rings is 2. The molecule has 1 heterocycles. The zero-order chi connectivity index (χ0) is 15.0. The molecule has 2 N–H and O–H groups in total. The van der Waals surface area contributed by atoms with Crippen molar-refractivity contribution >= 4 is 11.6 Å². The van der Waals surface area contributed by atoms with E-state index in [1.54, 1.807) is 0 Å². The number of carbonyl (C=O) groups excluding carboxylic acids is 1. The van der Waals surface area contributed by atoms with Crippen molar-refractivity contribution in [2.45, 2.75) is 32.8 Å². The first-order chi connectivity index (χ1) is 10.1. The molecular weight excluding hydrogens is 262 g/mol. The fraction of sp³-hybridized carbons (Fsp3) is 0.278. The molecule has 3 heteroatoms.